The van der Waals surface area contributed by atoms with Gasteiger partial charge in [-0.2, -0.15) is 0 Å². The summed E-state index contributed by atoms with van der Waals surface area (Å²) in [7, 11) is 0. The van der Waals surface area contributed by atoms with Gasteiger partial charge >= 0.3 is 0 Å². The van der Waals surface area contributed by atoms with Crippen molar-refractivity contribution in [1.29, 1.82) is 0 Å². The van der Waals surface area contributed by atoms with Gasteiger partial charge in [-0.3, -0.25) is 9.69 Å². The van der Waals surface area contributed by atoms with Gasteiger partial charge in [-0.15, -0.1) is 0 Å². The van der Waals surface area contributed by atoms with Crippen molar-refractivity contribution in [3.8, 4) is 0 Å². The van der Waals surface area contributed by atoms with Crippen LogP contribution in [0.15, 0.2) is 102 Å². The van der Waals surface area contributed by atoms with Crippen LogP contribution in [0, 0.1) is 5.82 Å². The van der Waals surface area contributed by atoms with Crippen LogP contribution in [0.3, 0.4) is 0 Å². The minimum Gasteiger partial charge on any atom is -0.467 e. The number of fused-ring (bicyclic) bond motifs is 1. The van der Waals surface area contributed by atoms with E-state index in [-0.39, 0.29) is 23.7 Å². The number of anilines is 1. The molecule has 0 saturated carbocycles. The van der Waals surface area contributed by atoms with Crippen molar-refractivity contribution in [3.05, 3.63) is 126 Å². The molecule has 3 aromatic carbocycles. The maximum Gasteiger partial charge on any atom is 0.255 e. The van der Waals surface area contributed by atoms with Crippen molar-refractivity contribution in [2.45, 2.75) is 18.5 Å². The van der Waals surface area contributed by atoms with Crippen molar-refractivity contribution in [2.24, 2.45) is 0 Å². The Kier molecular flexibility index (Phi) is 6.49. The van der Waals surface area contributed by atoms with Crippen LogP contribution in [0.4, 0.5) is 10.1 Å². The van der Waals surface area contributed by atoms with Crippen molar-refractivity contribution < 1.29 is 13.6 Å². The Balaban J connectivity index is 1.29. The molecular weight excluding hydrogens is 465 g/mol. The lowest BCUT2D eigenvalue weighted by atomic mass is 9.81. The monoisotopic (exact) mass is 495 g/mol. The number of carbonyl (C=O) groups is 1. The Labute approximate surface area is 216 Å². The number of benzene rings is 3. The summed E-state index contributed by atoms with van der Waals surface area (Å²) in [5.41, 5.74) is 4.01. The predicted octanol–water partition coefficient (Wildman–Crippen LogP) is 5.72. The van der Waals surface area contributed by atoms with E-state index >= 15 is 0 Å². The van der Waals surface area contributed by atoms with Crippen LogP contribution in [-0.2, 0) is 6.54 Å². The number of nitrogens with zero attached hydrogens (tertiary/aromatic N) is 3. The van der Waals surface area contributed by atoms with Crippen LogP contribution < -0.4 is 4.90 Å². The molecule has 2 aliphatic heterocycles. The molecule has 0 aliphatic carbocycles. The minimum absolute atomic E-state index is 0.0400. The first kappa shape index (κ1) is 23.5. The molecule has 0 N–H and O–H groups in total. The van der Waals surface area contributed by atoms with Gasteiger partial charge in [0.25, 0.3) is 5.91 Å². The van der Waals surface area contributed by atoms with Gasteiger partial charge in [-0.1, -0.05) is 48.5 Å². The maximum absolute atomic E-state index is 13.8. The van der Waals surface area contributed by atoms with E-state index in [1.165, 1.54) is 12.1 Å². The molecule has 0 spiro atoms. The molecular formula is C31H30FN3O2. The number of hydrogen-bond donors (Lipinski definition) is 0. The highest BCUT2D eigenvalue weighted by atomic mass is 19.1. The van der Waals surface area contributed by atoms with Crippen LogP contribution in [0.1, 0.15) is 39.2 Å². The van der Waals surface area contributed by atoms with Crippen molar-refractivity contribution in [3.63, 3.8) is 0 Å². The van der Waals surface area contributed by atoms with Crippen LogP contribution in [-0.4, -0.2) is 48.4 Å². The van der Waals surface area contributed by atoms with Crippen molar-refractivity contribution in [1.82, 2.24) is 9.80 Å². The highest BCUT2D eigenvalue weighted by Crippen LogP contribution is 2.44. The lowest BCUT2D eigenvalue weighted by Gasteiger charge is -2.44. The summed E-state index contributed by atoms with van der Waals surface area (Å²) < 4.78 is 19.3. The number of rotatable bonds is 6. The van der Waals surface area contributed by atoms with E-state index in [1.807, 2.05) is 65.6 Å². The Bertz CT molecular complexity index is 1330. The number of carbonyl (C=O) groups excluding carboxylic acids is 1. The highest BCUT2D eigenvalue weighted by molar-refractivity contribution is 5.97. The number of hydrogen-bond acceptors (Lipinski definition) is 4. The second kappa shape index (κ2) is 10.2. The largest absolute Gasteiger partial charge is 0.467 e. The van der Waals surface area contributed by atoms with Gasteiger partial charge in [0.2, 0.25) is 0 Å². The molecule has 0 radical (unpaired) electrons. The third-order valence-corrected chi connectivity index (χ3v) is 7.62. The van der Waals surface area contributed by atoms with Gasteiger partial charge in [0.15, 0.2) is 0 Å². The number of halogens is 1. The van der Waals surface area contributed by atoms with Gasteiger partial charge in [0, 0.05) is 56.4 Å². The second-order valence-corrected chi connectivity index (χ2v) is 9.84. The first-order valence-electron chi connectivity index (χ1n) is 12.9. The van der Waals surface area contributed by atoms with E-state index in [1.54, 1.807) is 6.26 Å². The lowest BCUT2D eigenvalue weighted by Crippen LogP contribution is -2.50. The Hall–Kier alpha value is -3.90. The zero-order chi connectivity index (χ0) is 25.2. The molecule has 0 bridgehead atoms. The van der Waals surface area contributed by atoms with Crippen LogP contribution >= 0.6 is 0 Å². The summed E-state index contributed by atoms with van der Waals surface area (Å²) >= 11 is 0. The molecule has 1 saturated heterocycles. The fraction of sp³-hybridized carbons (Fsp3) is 0.258. The molecule has 4 aromatic rings. The number of furan rings is 1. The standard InChI is InChI=1S/C31H30FN3O2/c32-24-12-14-25(15-13-24)34-18-16-33(17-19-34)22-28-26-9-4-5-10-27(26)31(36)35(21-23-7-2-1-3-8-23)30(28)29-11-6-20-37-29/h1-15,20,28,30H,16-19,21-22H2/t28-,30-/m0/s1. The molecule has 6 heteroatoms. The quantitative estimate of drug-likeness (QED) is 0.343. The van der Waals surface area contributed by atoms with E-state index < -0.39 is 0 Å². The topological polar surface area (TPSA) is 39.9 Å². The van der Waals surface area contributed by atoms with Crippen molar-refractivity contribution in [2.75, 3.05) is 37.6 Å². The summed E-state index contributed by atoms with van der Waals surface area (Å²) in [5.74, 6) is 0.713. The number of piperazine rings is 1. The molecule has 6 rings (SSSR count). The Morgan fingerprint density at radius 2 is 1.54 bits per heavy atom. The Morgan fingerprint density at radius 1 is 0.811 bits per heavy atom. The van der Waals surface area contributed by atoms with Gasteiger partial charge in [0.1, 0.15) is 11.6 Å². The summed E-state index contributed by atoms with van der Waals surface area (Å²) in [6.07, 6.45) is 1.69. The van der Waals surface area contributed by atoms with E-state index in [2.05, 4.69) is 28.0 Å². The summed E-state index contributed by atoms with van der Waals surface area (Å²) in [6, 6.07) is 28.6. The fourth-order valence-corrected chi connectivity index (χ4v) is 5.76. The van der Waals surface area contributed by atoms with Gasteiger partial charge in [0.05, 0.1) is 12.3 Å². The zero-order valence-corrected chi connectivity index (χ0v) is 20.7. The Morgan fingerprint density at radius 3 is 2.27 bits per heavy atom. The molecule has 5 nitrogen and oxygen atoms in total. The van der Waals surface area contributed by atoms with E-state index in [0.29, 0.717) is 6.54 Å². The third-order valence-electron chi connectivity index (χ3n) is 7.62. The first-order valence-corrected chi connectivity index (χ1v) is 12.9. The smallest absolute Gasteiger partial charge is 0.255 e. The first-order chi connectivity index (χ1) is 18.2. The molecule has 37 heavy (non-hydrogen) atoms. The molecule has 1 fully saturated rings. The average Bonchev–Trinajstić information content (AvgIpc) is 3.47. The summed E-state index contributed by atoms with van der Waals surface area (Å²) in [6.45, 7) is 4.88. The lowest BCUT2D eigenvalue weighted by molar-refractivity contribution is 0.0517. The van der Waals surface area contributed by atoms with Crippen LogP contribution in [0.2, 0.25) is 0 Å². The minimum atomic E-state index is -0.211. The van der Waals surface area contributed by atoms with Crippen LogP contribution in [0.5, 0.6) is 0 Å². The molecule has 188 valence electrons. The normalized spacial score (nSPS) is 20.2. The third kappa shape index (κ3) is 4.77. The van der Waals surface area contributed by atoms with Crippen molar-refractivity contribution >= 4 is 11.6 Å². The predicted molar refractivity (Wildman–Crippen MR) is 142 cm³/mol. The molecule has 1 amide bonds. The summed E-state index contributed by atoms with van der Waals surface area (Å²) in [5, 5.41) is 0. The van der Waals surface area contributed by atoms with E-state index in [0.717, 1.165) is 60.9 Å². The molecule has 1 aromatic heterocycles. The van der Waals surface area contributed by atoms with Gasteiger partial charge in [-0.05, 0) is 53.6 Å². The SMILES string of the molecule is O=C1c2ccccc2[C@H](CN2CCN(c3ccc(F)cc3)CC2)[C@@H](c2ccco2)N1Cc1ccccc1. The van der Waals surface area contributed by atoms with E-state index in [4.69, 9.17) is 4.42 Å². The molecule has 3 heterocycles. The van der Waals surface area contributed by atoms with E-state index in [9.17, 15) is 9.18 Å². The molecule has 2 aliphatic rings. The molecule has 0 unspecified atom stereocenters. The molecule has 2 atom stereocenters. The second-order valence-electron chi connectivity index (χ2n) is 9.84. The average molecular weight is 496 g/mol. The zero-order valence-electron chi connectivity index (χ0n) is 20.7. The maximum atomic E-state index is 13.8. The number of amides is 1. The van der Waals surface area contributed by atoms with Crippen LogP contribution in [0.25, 0.3) is 0 Å². The van der Waals surface area contributed by atoms with Gasteiger partial charge < -0.3 is 14.2 Å². The summed E-state index contributed by atoms with van der Waals surface area (Å²) in [4.78, 5) is 20.6. The fourth-order valence-electron chi connectivity index (χ4n) is 5.76. The highest BCUT2D eigenvalue weighted by Gasteiger charge is 2.42. The van der Waals surface area contributed by atoms with Gasteiger partial charge in [-0.25, -0.2) is 4.39 Å².